The van der Waals surface area contributed by atoms with Crippen LogP contribution in [0, 0.1) is 0 Å². The molecule has 2 atom stereocenters. The van der Waals surface area contributed by atoms with Gasteiger partial charge < -0.3 is 18.9 Å². The first-order valence-corrected chi connectivity index (χ1v) is 7.25. The van der Waals surface area contributed by atoms with Gasteiger partial charge in [-0.15, -0.1) is 0 Å². The smallest absolute Gasteiger partial charge is 0.192 e. The van der Waals surface area contributed by atoms with Crippen LogP contribution >= 0.6 is 0 Å². The molecule has 1 aliphatic rings. The molecule has 116 valence electrons. The van der Waals surface area contributed by atoms with E-state index in [-0.39, 0.29) is 6.10 Å². The number of benzene rings is 2. The highest BCUT2D eigenvalue weighted by Gasteiger charge is 2.40. The molecular weight excluding hydrogens is 280 g/mol. The number of hydrogen-bond donors (Lipinski definition) is 0. The molecular formula is C18H20O4. The monoisotopic (exact) mass is 300 g/mol. The molecule has 0 amide bonds. The van der Waals surface area contributed by atoms with Crippen LogP contribution in [0.1, 0.15) is 24.2 Å². The van der Waals surface area contributed by atoms with Gasteiger partial charge in [-0.05, 0) is 25.1 Å². The van der Waals surface area contributed by atoms with Gasteiger partial charge in [-0.1, -0.05) is 30.3 Å². The lowest BCUT2D eigenvalue weighted by atomic mass is 10.1. The molecule has 0 radical (unpaired) electrons. The van der Waals surface area contributed by atoms with Gasteiger partial charge in [0.15, 0.2) is 5.79 Å². The summed E-state index contributed by atoms with van der Waals surface area (Å²) in [4.78, 5) is 0. The van der Waals surface area contributed by atoms with Crippen LogP contribution in [0.5, 0.6) is 11.5 Å². The highest BCUT2D eigenvalue weighted by Crippen LogP contribution is 2.43. The number of rotatable bonds is 4. The van der Waals surface area contributed by atoms with Crippen molar-refractivity contribution >= 4 is 0 Å². The first-order chi connectivity index (χ1) is 10.7. The summed E-state index contributed by atoms with van der Waals surface area (Å²) >= 11 is 0. The van der Waals surface area contributed by atoms with Gasteiger partial charge in [0.2, 0.25) is 0 Å². The van der Waals surface area contributed by atoms with E-state index >= 15 is 0 Å². The molecule has 2 aromatic carbocycles. The van der Waals surface area contributed by atoms with Gasteiger partial charge in [0.05, 0.1) is 20.8 Å². The highest BCUT2D eigenvalue weighted by atomic mass is 16.7. The van der Waals surface area contributed by atoms with Gasteiger partial charge in [0.1, 0.15) is 17.6 Å². The Morgan fingerprint density at radius 2 is 1.82 bits per heavy atom. The first kappa shape index (κ1) is 14.9. The van der Waals surface area contributed by atoms with E-state index in [4.69, 9.17) is 18.9 Å². The van der Waals surface area contributed by atoms with E-state index in [1.807, 2.05) is 55.5 Å². The summed E-state index contributed by atoms with van der Waals surface area (Å²) in [5, 5.41) is 0. The topological polar surface area (TPSA) is 36.9 Å². The van der Waals surface area contributed by atoms with Crippen molar-refractivity contribution in [3.05, 3.63) is 59.7 Å². The van der Waals surface area contributed by atoms with Gasteiger partial charge in [0, 0.05) is 11.1 Å². The Morgan fingerprint density at radius 1 is 1.05 bits per heavy atom. The van der Waals surface area contributed by atoms with E-state index in [0.717, 1.165) is 22.6 Å². The molecule has 4 heteroatoms. The van der Waals surface area contributed by atoms with E-state index in [1.54, 1.807) is 14.2 Å². The second-order valence-corrected chi connectivity index (χ2v) is 5.34. The van der Waals surface area contributed by atoms with Crippen molar-refractivity contribution in [2.45, 2.75) is 18.8 Å². The molecule has 4 nitrogen and oxygen atoms in total. The van der Waals surface area contributed by atoms with E-state index in [0.29, 0.717) is 6.61 Å². The normalized spacial score (nSPS) is 24.2. The fourth-order valence-corrected chi connectivity index (χ4v) is 2.71. The Balaban J connectivity index is 1.89. The second-order valence-electron chi connectivity index (χ2n) is 5.34. The maximum absolute atomic E-state index is 6.21. The lowest BCUT2D eigenvalue weighted by Crippen LogP contribution is -2.22. The van der Waals surface area contributed by atoms with Crippen LogP contribution in [-0.4, -0.2) is 20.8 Å². The summed E-state index contributed by atoms with van der Waals surface area (Å²) in [6, 6.07) is 15.6. The van der Waals surface area contributed by atoms with Crippen LogP contribution in [0.3, 0.4) is 0 Å². The standard InChI is InChI=1S/C18H20O4/c1-18(13-7-5-4-6-8-13)21-12-17(22-18)15-11-14(19-2)9-10-16(15)20-3/h4-11,17H,12H2,1-3H3. The molecule has 0 aliphatic carbocycles. The van der Waals surface area contributed by atoms with Gasteiger partial charge >= 0.3 is 0 Å². The Hall–Kier alpha value is -2.04. The molecule has 1 fully saturated rings. The van der Waals surface area contributed by atoms with Crippen molar-refractivity contribution in [1.82, 2.24) is 0 Å². The average molecular weight is 300 g/mol. The minimum atomic E-state index is -0.750. The Morgan fingerprint density at radius 3 is 2.50 bits per heavy atom. The molecule has 22 heavy (non-hydrogen) atoms. The zero-order valence-corrected chi connectivity index (χ0v) is 13.0. The molecule has 0 bridgehead atoms. The third-order valence-corrected chi connectivity index (χ3v) is 3.96. The quantitative estimate of drug-likeness (QED) is 0.863. The third-order valence-electron chi connectivity index (χ3n) is 3.96. The number of hydrogen-bond acceptors (Lipinski definition) is 4. The Labute approximate surface area is 130 Å². The molecule has 2 aromatic rings. The Kier molecular flexibility index (Phi) is 4.05. The zero-order chi connectivity index (χ0) is 15.6. The predicted molar refractivity (Wildman–Crippen MR) is 83.1 cm³/mol. The van der Waals surface area contributed by atoms with E-state index in [2.05, 4.69) is 0 Å². The van der Waals surface area contributed by atoms with Gasteiger partial charge in [-0.3, -0.25) is 0 Å². The van der Waals surface area contributed by atoms with Gasteiger partial charge in [-0.2, -0.15) is 0 Å². The first-order valence-electron chi connectivity index (χ1n) is 7.25. The zero-order valence-electron chi connectivity index (χ0n) is 13.0. The van der Waals surface area contributed by atoms with E-state index in [1.165, 1.54) is 0 Å². The second kappa shape index (κ2) is 5.99. The third kappa shape index (κ3) is 2.67. The highest BCUT2D eigenvalue weighted by molar-refractivity contribution is 5.42. The summed E-state index contributed by atoms with van der Waals surface area (Å²) in [5.41, 5.74) is 1.93. The summed E-state index contributed by atoms with van der Waals surface area (Å²) in [7, 11) is 3.29. The molecule has 0 N–H and O–H groups in total. The molecule has 1 saturated heterocycles. The van der Waals surface area contributed by atoms with Crippen LogP contribution in [0.25, 0.3) is 0 Å². The van der Waals surface area contributed by atoms with E-state index in [9.17, 15) is 0 Å². The van der Waals surface area contributed by atoms with Crippen LogP contribution in [0.15, 0.2) is 48.5 Å². The SMILES string of the molecule is COc1ccc(OC)c(C2COC(C)(c3ccccc3)O2)c1. The van der Waals surface area contributed by atoms with Crippen LogP contribution in [0.2, 0.25) is 0 Å². The number of ether oxygens (including phenoxy) is 4. The number of methoxy groups -OCH3 is 2. The van der Waals surface area contributed by atoms with Crippen molar-refractivity contribution in [2.75, 3.05) is 20.8 Å². The largest absolute Gasteiger partial charge is 0.497 e. The summed E-state index contributed by atoms with van der Waals surface area (Å²) in [6.45, 7) is 2.41. The molecule has 2 unspecified atom stereocenters. The molecule has 0 spiro atoms. The molecule has 1 heterocycles. The van der Waals surface area contributed by atoms with Crippen LogP contribution in [-0.2, 0) is 15.3 Å². The van der Waals surface area contributed by atoms with Crippen molar-refractivity contribution in [1.29, 1.82) is 0 Å². The maximum atomic E-state index is 6.21. The predicted octanol–water partition coefficient (Wildman–Crippen LogP) is 3.66. The molecule has 0 saturated carbocycles. The maximum Gasteiger partial charge on any atom is 0.192 e. The van der Waals surface area contributed by atoms with Crippen LogP contribution < -0.4 is 9.47 Å². The minimum absolute atomic E-state index is 0.199. The lowest BCUT2D eigenvalue weighted by molar-refractivity contribution is -0.162. The minimum Gasteiger partial charge on any atom is -0.497 e. The van der Waals surface area contributed by atoms with Crippen molar-refractivity contribution in [2.24, 2.45) is 0 Å². The Bertz CT molecular complexity index is 641. The average Bonchev–Trinajstić information content (AvgIpc) is 2.98. The lowest BCUT2D eigenvalue weighted by Gasteiger charge is -2.24. The fourth-order valence-electron chi connectivity index (χ4n) is 2.71. The van der Waals surface area contributed by atoms with Crippen molar-refractivity contribution in [3.8, 4) is 11.5 Å². The summed E-state index contributed by atoms with van der Waals surface area (Å²) in [5.74, 6) is 0.791. The van der Waals surface area contributed by atoms with Crippen LogP contribution in [0.4, 0.5) is 0 Å². The van der Waals surface area contributed by atoms with Crippen molar-refractivity contribution < 1.29 is 18.9 Å². The summed E-state index contributed by atoms with van der Waals surface area (Å²) in [6.07, 6.45) is -0.199. The van der Waals surface area contributed by atoms with Crippen molar-refractivity contribution in [3.63, 3.8) is 0 Å². The van der Waals surface area contributed by atoms with Gasteiger partial charge in [0.25, 0.3) is 0 Å². The van der Waals surface area contributed by atoms with E-state index < -0.39 is 5.79 Å². The molecule has 1 aliphatic heterocycles. The fraction of sp³-hybridized carbons (Fsp3) is 0.333. The summed E-state index contributed by atoms with van der Waals surface area (Å²) < 4.78 is 22.9. The molecule has 0 aromatic heterocycles. The van der Waals surface area contributed by atoms with Gasteiger partial charge in [-0.25, -0.2) is 0 Å². The molecule has 3 rings (SSSR count).